The van der Waals surface area contributed by atoms with Gasteiger partial charge in [-0.2, -0.15) is 16.8 Å². The maximum Gasteiger partial charge on any atom is 0.295 e. The van der Waals surface area contributed by atoms with Crippen LogP contribution in [0.3, 0.4) is 0 Å². The molecule has 51 heavy (non-hydrogen) atoms. The first kappa shape index (κ1) is 36.5. The van der Waals surface area contributed by atoms with Gasteiger partial charge in [-0.25, -0.2) is 4.99 Å². The number of nitrogens with one attached hydrogen (secondary N) is 1. The van der Waals surface area contributed by atoms with Gasteiger partial charge in [-0.3, -0.25) is 29.3 Å². The van der Waals surface area contributed by atoms with Crippen LogP contribution in [0.15, 0.2) is 111 Å². The maximum absolute atomic E-state index is 12.6. The van der Waals surface area contributed by atoms with Gasteiger partial charge in [-0.1, -0.05) is 30.4 Å². The summed E-state index contributed by atoms with van der Waals surface area (Å²) in [6, 6.07) is 15.3. The van der Waals surface area contributed by atoms with Crippen molar-refractivity contribution in [2.24, 2.45) is 4.99 Å². The minimum Gasteiger partial charge on any atom is -0.355 e. The van der Waals surface area contributed by atoms with E-state index in [0.29, 0.717) is 62.2 Å². The number of hydrogen-bond acceptors (Lipinski definition) is 10. The summed E-state index contributed by atoms with van der Waals surface area (Å²) in [5.74, 6) is 0. The fourth-order valence-electron chi connectivity index (χ4n) is 5.72. The van der Waals surface area contributed by atoms with E-state index in [2.05, 4.69) is 10.3 Å². The minimum atomic E-state index is -5.04. The Morgan fingerprint density at radius 1 is 0.686 bits per heavy atom. The summed E-state index contributed by atoms with van der Waals surface area (Å²) in [5, 5.41) is 25.8. The summed E-state index contributed by atoms with van der Waals surface area (Å²) in [6.45, 7) is 6.87. The first-order valence-electron chi connectivity index (χ1n) is 15.0. The molecule has 0 aromatic heterocycles. The molecular weight excluding hydrogens is 701 g/mol. The number of benzene rings is 4. The topological polar surface area (TPSA) is 219 Å². The molecule has 0 atom stereocenters. The van der Waals surface area contributed by atoms with Crippen LogP contribution in [0.4, 0.5) is 28.4 Å². The molecule has 0 saturated carbocycles. The average Bonchev–Trinajstić information content (AvgIpc) is 3.04. The lowest BCUT2D eigenvalue weighted by molar-refractivity contribution is -0.385. The molecule has 0 saturated heterocycles. The standard InChI is InChI=1S/C35H30N4O10S2/c1-20-15-28(38(40)41)16-21(2)34(20)36-26-9-5-24(6-10-26)33(31-14-13-30(50(44,45)46)19-32(31)51(47,48)49)25-7-11-27(12-8-25)37-35-22(3)17-29(39(42)43)18-23(35)4/h5-19,36H,1-4H3,(H,44,45,46)(H,47,48,49). The van der Waals surface area contributed by atoms with E-state index in [0.717, 1.165) is 6.07 Å². The molecule has 16 heteroatoms. The Morgan fingerprint density at radius 2 is 1.20 bits per heavy atom. The Kier molecular flexibility index (Phi) is 9.89. The Labute approximate surface area is 293 Å². The van der Waals surface area contributed by atoms with Crippen LogP contribution >= 0.6 is 0 Å². The van der Waals surface area contributed by atoms with E-state index in [1.54, 1.807) is 76.3 Å². The van der Waals surface area contributed by atoms with Gasteiger partial charge < -0.3 is 5.32 Å². The van der Waals surface area contributed by atoms with Gasteiger partial charge in [0, 0.05) is 41.2 Å². The molecule has 4 aromatic carbocycles. The molecule has 0 bridgehead atoms. The van der Waals surface area contributed by atoms with Crippen LogP contribution in [-0.2, 0) is 20.2 Å². The van der Waals surface area contributed by atoms with Crippen molar-refractivity contribution in [3.63, 3.8) is 0 Å². The number of aliphatic imine (C=N–C) groups is 1. The number of non-ortho nitro benzene ring substituents is 2. The zero-order chi connectivity index (χ0) is 37.4. The molecule has 1 aliphatic rings. The Hall–Kier alpha value is -5.81. The molecule has 5 rings (SSSR count). The fraction of sp³-hybridized carbons (Fsp3) is 0.114. The number of nitro groups is 2. The predicted octanol–water partition coefficient (Wildman–Crippen LogP) is 7.67. The molecule has 14 nitrogen and oxygen atoms in total. The van der Waals surface area contributed by atoms with Crippen molar-refractivity contribution in [3.05, 3.63) is 150 Å². The van der Waals surface area contributed by atoms with Crippen LogP contribution in [0.25, 0.3) is 5.57 Å². The Morgan fingerprint density at radius 3 is 1.67 bits per heavy atom. The van der Waals surface area contributed by atoms with Gasteiger partial charge >= 0.3 is 0 Å². The number of aryl methyl sites for hydroxylation is 4. The van der Waals surface area contributed by atoms with Crippen LogP contribution in [0, 0.1) is 47.9 Å². The van der Waals surface area contributed by atoms with Crippen LogP contribution in [0.1, 0.15) is 33.4 Å². The quantitative estimate of drug-likeness (QED) is 0.0861. The highest BCUT2D eigenvalue weighted by Gasteiger charge is 2.25. The lowest BCUT2D eigenvalue weighted by atomic mass is 9.90. The van der Waals surface area contributed by atoms with Crippen LogP contribution in [-0.4, -0.2) is 41.5 Å². The highest BCUT2D eigenvalue weighted by atomic mass is 32.2. The molecule has 0 spiro atoms. The lowest BCUT2D eigenvalue weighted by Gasteiger charge is -2.18. The Balaban J connectivity index is 1.63. The van der Waals surface area contributed by atoms with E-state index in [4.69, 9.17) is 0 Å². The third kappa shape index (κ3) is 7.99. The number of rotatable bonds is 9. The summed E-state index contributed by atoms with van der Waals surface area (Å²) in [5.41, 5.74) is 5.70. The van der Waals surface area contributed by atoms with Crippen molar-refractivity contribution in [1.29, 1.82) is 0 Å². The summed E-state index contributed by atoms with van der Waals surface area (Å²) in [7, 11) is -9.87. The molecule has 0 aliphatic heterocycles. The normalized spacial score (nSPS) is 12.9. The summed E-state index contributed by atoms with van der Waals surface area (Å²) >= 11 is 0. The number of nitrogens with zero attached hydrogens (tertiary/aromatic N) is 3. The molecule has 0 unspecified atom stereocenters. The smallest absolute Gasteiger partial charge is 0.295 e. The number of hydrogen-bond donors (Lipinski definition) is 3. The van der Waals surface area contributed by atoms with Gasteiger partial charge in [-0.05, 0) is 103 Å². The first-order chi connectivity index (χ1) is 23.8. The molecular formula is C35H30N4O10S2. The largest absolute Gasteiger partial charge is 0.355 e. The van der Waals surface area contributed by atoms with Crippen LogP contribution in [0.2, 0.25) is 0 Å². The van der Waals surface area contributed by atoms with Crippen molar-refractivity contribution in [3.8, 4) is 0 Å². The second kappa shape index (κ2) is 13.8. The SMILES string of the molecule is Cc1cc([N+](=O)[O-])cc(C)c1N=C1C=CC(=C(c2ccc(Nc3c(C)cc([N+](=O)[O-])cc3C)cc2)c2ccc(S(=O)(=O)O)cc2S(=O)(=O)O)C=C1. The summed E-state index contributed by atoms with van der Waals surface area (Å²) in [4.78, 5) is 24.7. The van der Waals surface area contributed by atoms with Crippen molar-refractivity contribution >= 4 is 60.0 Å². The fourth-order valence-corrected chi connectivity index (χ4v) is 7.02. The van der Waals surface area contributed by atoms with Gasteiger partial charge in [-0.15, -0.1) is 0 Å². The second-order valence-electron chi connectivity index (χ2n) is 11.7. The van der Waals surface area contributed by atoms with E-state index < -0.39 is 39.9 Å². The lowest BCUT2D eigenvalue weighted by Crippen LogP contribution is -2.08. The van der Waals surface area contributed by atoms with Crippen LogP contribution < -0.4 is 5.32 Å². The molecule has 0 fully saturated rings. The zero-order valence-electron chi connectivity index (χ0n) is 27.5. The Bertz CT molecular complexity index is 2420. The van der Waals surface area contributed by atoms with Crippen LogP contribution in [0.5, 0.6) is 0 Å². The van der Waals surface area contributed by atoms with E-state index >= 15 is 0 Å². The van der Waals surface area contributed by atoms with E-state index in [1.165, 1.54) is 30.3 Å². The van der Waals surface area contributed by atoms with Crippen molar-refractivity contribution in [2.45, 2.75) is 37.5 Å². The third-order valence-corrected chi connectivity index (χ3v) is 9.80. The monoisotopic (exact) mass is 730 g/mol. The molecule has 1 aliphatic carbocycles. The minimum absolute atomic E-state index is 0.0448. The predicted molar refractivity (Wildman–Crippen MR) is 192 cm³/mol. The number of anilines is 2. The van der Waals surface area contributed by atoms with Crippen molar-refractivity contribution < 1.29 is 35.8 Å². The maximum atomic E-state index is 12.6. The van der Waals surface area contributed by atoms with Crippen molar-refractivity contribution in [2.75, 3.05) is 5.32 Å². The molecule has 4 aromatic rings. The number of nitro benzene ring substituents is 2. The first-order valence-corrected chi connectivity index (χ1v) is 17.9. The van der Waals surface area contributed by atoms with Crippen molar-refractivity contribution in [1.82, 2.24) is 0 Å². The van der Waals surface area contributed by atoms with Gasteiger partial charge in [0.05, 0.1) is 26.1 Å². The molecule has 3 N–H and O–H groups in total. The molecule has 0 heterocycles. The van der Waals surface area contributed by atoms with E-state index in [-0.39, 0.29) is 22.5 Å². The molecule has 0 radical (unpaired) electrons. The molecule has 0 amide bonds. The number of allylic oxidation sites excluding steroid dienone is 5. The highest BCUT2D eigenvalue weighted by Crippen LogP contribution is 2.37. The van der Waals surface area contributed by atoms with E-state index in [9.17, 15) is 46.2 Å². The third-order valence-electron chi connectivity index (χ3n) is 8.05. The average molecular weight is 731 g/mol. The summed E-state index contributed by atoms with van der Waals surface area (Å²) < 4.78 is 68.9. The zero-order valence-corrected chi connectivity index (χ0v) is 29.1. The van der Waals surface area contributed by atoms with Gasteiger partial charge in [0.1, 0.15) is 4.90 Å². The van der Waals surface area contributed by atoms with E-state index in [1.807, 2.05) is 0 Å². The van der Waals surface area contributed by atoms with Gasteiger partial charge in [0.2, 0.25) is 0 Å². The van der Waals surface area contributed by atoms with Gasteiger partial charge in [0.25, 0.3) is 31.6 Å². The van der Waals surface area contributed by atoms with Gasteiger partial charge in [0.15, 0.2) is 0 Å². The highest BCUT2D eigenvalue weighted by molar-refractivity contribution is 7.86. The summed E-state index contributed by atoms with van der Waals surface area (Å²) in [6.07, 6.45) is 6.58. The second-order valence-corrected chi connectivity index (χ2v) is 14.6. The molecule has 262 valence electrons.